The summed E-state index contributed by atoms with van der Waals surface area (Å²) in [6.45, 7) is 6.21. The molecule has 120 valence electrons. The summed E-state index contributed by atoms with van der Waals surface area (Å²) in [6.07, 6.45) is 3.91. The number of anilines is 1. The summed E-state index contributed by atoms with van der Waals surface area (Å²) in [6, 6.07) is 6.34. The van der Waals surface area contributed by atoms with Crippen LogP contribution < -0.4 is 15.5 Å². The molecule has 2 aliphatic heterocycles. The lowest BCUT2D eigenvalue weighted by Crippen LogP contribution is -2.51. The monoisotopic (exact) mass is 303 g/mol. The van der Waals surface area contributed by atoms with E-state index in [1.165, 1.54) is 0 Å². The van der Waals surface area contributed by atoms with Crippen LogP contribution in [-0.2, 0) is 4.79 Å². The van der Waals surface area contributed by atoms with Crippen LogP contribution in [0.4, 0.5) is 5.82 Å². The maximum absolute atomic E-state index is 12.1. The fourth-order valence-electron chi connectivity index (χ4n) is 3.12. The Morgan fingerprint density at radius 2 is 2.00 bits per heavy atom. The van der Waals surface area contributed by atoms with Crippen LogP contribution >= 0.6 is 0 Å². The number of carbonyl (C=O) groups is 1. The third-order valence-electron chi connectivity index (χ3n) is 4.42. The summed E-state index contributed by atoms with van der Waals surface area (Å²) in [7, 11) is 0. The van der Waals surface area contributed by atoms with Gasteiger partial charge in [0.05, 0.1) is 6.54 Å². The molecule has 2 aliphatic rings. The second-order valence-corrected chi connectivity index (χ2v) is 6.04. The third kappa shape index (κ3) is 4.18. The van der Waals surface area contributed by atoms with Gasteiger partial charge in [0.25, 0.3) is 0 Å². The summed E-state index contributed by atoms with van der Waals surface area (Å²) >= 11 is 0. The number of piperazine rings is 1. The van der Waals surface area contributed by atoms with Gasteiger partial charge in [-0.15, -0.1) is 0 Å². The first kappa shape index (κ1) is 15.2. The second-order valence-electron chi connectivity index (χ2n) is 6.04. The molecular weight excluding hydrogens is 278 g/mol. The van der Waals surface area contributed by atoms with Crippen molar-refractivity contribution < 1.29 is 4.79 Å². The van der Waals surface area contributed by atoms with E-state index in [0.29, 0.717) is 12.6 Å². The highest BCUT2D eigenvalue weighted by atomic mass is 16.2. The minimum absolute atomic E-state index is 0.165. The molecule has 0 aromatic carbocycles. The molecule has 0 radical (unpaired) electrons. The largest absolute Gasteiger partial charge is 0.354 e. The van der Waals surface area contributed by atoms with Crippen LogP contribution in [-0.4, -0.2) is 67.6 Å². The van der Waals surface area contributed by atoms with Crippen LogP contribution in [0.25, 0.3) is 0 Å². The van der Waals surface area contributed by atoms with Crippen LogP contribution in [0.3, 0.4) is 0 Å². The number of carbonyl (C=O) groups excluding carboxylic acids is 1. The number of hydrogen-bond acceptors (Lipinski definition) is 5. The number of rotatable bonds is 4. The van der Waals surface area contributed by atoms with Crippen molar-refractivity contribution >= 4 is 11.7 Å². The summed E-state index contributed by atoms with van der Waals surface area (Å²) < 4.78 is 0. The molecule has 0 unspecified atom stereocenters. The summed E-state index contributed by atoms with van der Waals surface area (Å²) in [5.74, 6) is 1.19. The molecule has 0 spiro atoms. The van der Waals surface area contributed by atoms with Gasteiger partial charge in [-0.1, -0.05) is 6.07 Å². The molecule has 3 heterocycles. The lowest BCUT2D eigenvalue weighted by molar-refractivity contribution is -0.123. The number of nitrogens with zero attached hydrogens (tertiary/aromatic N) is 3. The zero-order valence-corrected chi connectivity index (χ0v) is 13.0. The summed E-state index contributed by atoms with van der Waals surface area (Å²) in [5.41, 5.74) is 0. The van der Waals surface area contributed by atoms with Crippen LogP contribution in [0, 0.1) is 0 Å². The summed E-state index contributed by atoms with van der Waals surface area (Å²) in [5, 5.41) is 6.48. The lowest BCUT2D eigenvalue weighted by Gasteiger charge is -2.35. The minimum atomic E-state index is 0.165. The Hall–Kier alpha value is -1.66. The number of aromatic nitrogens is 1. The molecule has 0 aliphatic carbocycles. The predicted octanol–water partition coefficient (Wildman–Crippen LogP) is 0.0718. The third-order valence-corrected chi connectivity index (χ3v) is 4.42. The molecule has 3 rings (SSSR count). The molecule has 1 aromatic heterocycles. The Bertz CT molecular complexity index is 467. The Labute approximate surface area is 131 Å². The van der Waals surface area contributed by atoms with Gasteiger partial charge in [0.2, 0.25) is 5.91 Å². The highest BCUT2D eigenvalue weighted by molar-refractivity contribution is 5.78. The fourth-order valence-corrected chi connectivity index (χ4v) is 3.12. The SMILES string of the molecule is O=C(CN1CCN(c2ccccn2)CC1)NC1CCNCC1. The van der Waals surface area contributed by atoms with Crippen molar-refractivity contribution in [2.75, 3.05) is 50.7 Å². The Morgan fingerprint density at radius 1 is 1.23 bits per heavy atom. The molecule has 1 amide bonds. The van der Waals surface area contributed by atoms with Crippen molar-refractivity contribution in [1.82, 2.24) is 20.5 Å². The van der Waals surface area contributed by atoms with Gasteiger partial charge in [0.1, 0.15) is 5.82 Å². The highest BCUT2D eigenvalue weighted by Crippen LogP contribution is 2.12. The van der Waals surface area contributed by atoms with Crippen LogP contribution in [0.2, 0.25) is 0 Å². The molecule has 2 N–H and O–H groups in total. The van der Waals surface area contributed by atoms with Crippen molar-refractivity contribution in [3.8, 4) is 0 Å². The van der Waals surface area contributed by atoms with Crippen LogP contribution in [0.15, 0.2) is 24.4 Å². The maximum atomic E-state index is 12.1. The number of hydrogen-bond donors (Lipinski definition) is 2. The van der Waals surface area contributed by atoms with Crippen molar-refractivity contribution in [3.05, 3.63) is 24.4 Å². The quantitative estimate of drug-likeness (QED) is 0.824. The zero-order valence-electron chi connectivity index (χ0n) is 13.0. The van der Waals surface area contributed by atoms with Gasteiger partial charge in [-0.05, 0) is 38.1 Å². The van der Waals surface area contributed by atoms with E-state index >= 15 is 0 Å². The van der Waals surface area contributed by atoms with Gasteiger partial charge in [-0.3, -0.25) is 9.69 Å². The van der Waals surface area contributed by atoms with Crippen molar-refractivity contribution in [3.63, 3.8) is 0 Å². The van der Waals surface area contributed by atoms with E-state index in [0.717, 1.165) is 57.9 Å². The summed E-state index contributed by atoms with van der Waals surface area (Å²) in [4.78, 5) is 21.0. The van der Waals surface area contributed by atoms with E-state index in [1.54, 1.807) is 0 Å². The molecular formula is C16H25N5O. The van der Waals surface area contributed by atoms with E-state index in [9.17, 15) is 4.79 Å². The van der Waals surface area contributed by atoms with Crippen LogP contribution in [0.5, 0.6) is 0 Å². The first-order valence-electron chi connectivity index (χ1n) is 8.20. The Balaban J connectivity index is 1.41. The normalized spacial score (nSPS) is 20.8. The molecule has 6 heteroatoms. The number of pyridine rings is 1. The van der Waals surface area contributed by atoms with E-state index in [1.807, 2.05) is 24.4 Å². The standard InChI is InChI=1S/C16H25N5O/c22-16(19-14-4-7-17-8-5-14)13-20-9-11-21(12-10-20)15-3-1-2-6-18-15/h1-3,6,14,17H,4-5,7-13H2,(H,19,22). The first-order chi connectivity index (χ1) is 10.8. The second kappa shape index (κ2) is 7.56. The van der Waals surface area contributed by atoms with Gasteiger partial charge in [0.15, 0.2) is 0 Å². The molecule has 1 aromatic rings. The van der Waals surface area contributed by atoms with Crippen molar-refractivity contribution in [1.29, 1.82) is 0 Å². The maximum Gasteiger partial charge on any atom is 0.234 e. The predicted molar refractivity (Wildman–Crippen MR) is 86.9 cm³/mol. The van der Waals surface area contributed by atoms with E-state index in [4.69, 9.17) is 0 Å². The molecule has 2 fully saturated rings. The molecule has 22 heavy (non-hydrogen) atoms. The van der Waals surface area contributed by atoms with Crippen molar-refractivity contribution in [2.24, 2.45) is 0 Å². The average Bonchev–Trinajstić information content (AvgIpc) is 2.57. The Morgan fingerprint density at radius 3 is 2.68 bits per heavy atom. The number of piperidine rings is 1. The van der Waals surface area contributed by atoms with Crippen LogP contribution in [0.1, 0.15) is 12.8 Å². The smallest absolute Gasteiger partial charge is 0.234 e. The molecule has 0 bridgehead atoms. The van der Waals surface area contributed by atoms with Gasteiger partial charge < -0.3 is 15.5 Å². The first-order valence-corrected chi connectivity index (χ1v) is 8.20. The van der Waals surface area contributed by atoms with Gasteiger partial charge in [-0.25, -0.2) is 4.98 Å². The van der Waals surface area contributed by atoms with Gasteiger partial charge >= 0.3 is 0 Å². The Kier molecular flexibility index (Phi) is 5.24. The fraction of sp³-hybridized carbons (Fsp3) is 0.625. The average molecular weight is 303 g/mol. The lowest BCUT2D eigenvalue weighted by atomic mass is 10.1. The molecule has 6 nitrogen and oxygen atoms in total. The molecule has 0 atom stereocenters. The topological polar surface area (TPSA) is 60.5 Å². The zero-order chi connectivity index (χ0) is 15.2. The minimum Gasteiger partial charge on any atom is -0.354 e. The highest BCUT2D eigenvalue weighted by Gasteiger charge is 2.21. The number of amides is 1. The van der Waals surface area contributed by atoms with Gasteiger partial charge in [-0.2, -0.15) is 0 Å². The van der Waals surface area contributed by atoms with E-state index < -0.39 is 0 Å². The molecule has 0 saturated carbocycles. The van der Waals surface area contributed by atoms with E-state index in [-0.39, 0.29) is 5.91 Å². The van der Waals surface area contributed by atoms with Gasteiger partial charge in [0, 0.05) is 38.4 Å². The number of nitrogens with one attached hydrogen (secondary N) is 2. The van der Waals surface area contributed by atoms with E-state index in [2.05, 4.69) is 25.4 Å². The molecule has 2 saturated heterocycles. The van der Waals surface area contributed by atoms with Crippen molar-refractivity contribution in [2.45, 2.75) is 18.9 Å².